The van der Waals surface area contributed by atoms with Crippen LogP contribution in [0.15, 0.2) is 29.2 Å². The van der Waals surface area contributed by atoms with E-state index < -0.39 is 38.5 Å². The van der Waals surface area contributed by atoms with E-state index in [4.69, 9.17) is 33.9 Å². The zero-order chi connectivity index (χ0) is 16.2. The van der Waals surface area contributed by atoms with Gasteiger partial charge in [-0.2, -0.15) is 0 Å². The molecular weight excluding hydrogens is 365 g/mol. The van der Waals surface area contributed by atoms with Gasteiger partial charge in [0.2, 0.25) is 0 Å². The molecule has 0 aliphatic rings. The molecule has 1 aromatic carbocycles. The molecule has 118 valence electrons. The van der Waals surface area contributed by atoms with Crippen LogP contribution in [0.4, 0.5) is 0 Å². The van der Waals surface area contributed by atoms with Crippen LogP contribution >= 0.6 is 33.9 Å². The molecule has 0 bridgehead atoms. The number of hydrogen-bond acceptors (Lipinski definition) is 5. The van der Waals surface area contributed by atoms with Crippen molar-refractivity contribution in [1.29, 1.82) is 0 Å². The van der Waals surface area contributed by atoms with Gasteiger partial charge in [-0.1, -0.05) is 35.3 Å². The maximum atomic E-state index is 11.3. The van der Waals surface area contributed by atoms with E-state index in [0.29, 0.717) is 0 Å². The Labute approximate surface area is 136 Å². The Kier molecular flexibility index (Phi) is 6.71. The van der Waals surface area contributed by atoms with Crippen molar-refractivity contribution < 1.29 is 23.4 Å². The van der Waals surface area contributed by atoms with Gasteiger partial charge in [0.25, 0.3) is 15.0 Å². The minimum absolute atomic E-state index is 0.133. The van der Waals surface area contributed by atoms with Crippen LogP contribution in [0.5, 0.6) is 0 Å². The molecule has 1 amide bonds. The first-order valence-electron chi connectivity index (χ1n) is 5.59. The molecule has 0 saturated heterocycles. The van der Waals surface area contributed by atoms with Gasteiger partial charge in [-0.3, -0.25) is 4.79 Å². The summed E-state index contributed by atoms with van der Waals surface area (Å²) in [6.45, 7) is -0.567. The van der Waals surface area contributed by atoms with Gasteiger partial charge in [-0.05, 0) is 17.7 Å². The first-order valence-corrected chi connectivity index (χ1v) is 8.77. The molecule has 0 saturated carbocycles. The minimum atomic E-state index is -3.86. The van der Waals surface area contributed by atoms with Crippen LogP contribution in [-0.4, -0.2) is 42.0 Å². The molecule has 0 aliphatic carbocycles. The zero-order valence-electron chi connectivity index (χ0n) is 10.4. The molecule has 10 heteroatoms. The van der Waals surface area contributed by atoms with Crippen LogP contribution < -0.4 is 5.32 Å². The van der Waals surface area contributed by atoms with Gasteiger partial charge in [0, 0.05) is 10.7 Å². The maximum Gasteiger partial charge on any atom is 0.261 e. The normalized spacial score (nSPS) is 14.8. The Morgan fingerprint density at radius 2 is 1.76 bits per heavy atom. The molecule has 0 fully saturated rings. The lowest BCUT2D eigenvalue weighted by molar-refractivity contribution is -0.121. The third-order valence-corrected chi connectivity index (χ3v) is 4.37. The molecule has 6 nitrogen and oxygen atoms in total. The van der Waals surface area contributed by atoms with Crippen molar-refractivity contribution in [3.05, 3.63) is 29.8 Å². The van der Waals surface area contributed by atoms with Gasteiger partial charge in [0.05, 0.1) is 17.5 Å². The Morgan fingerprint density at radius 3 is 2.14 bits per heavy atom. The highest BCUT2D eigenvalue weighted by atomic mass is 35.7. The maximum absolute atomic E-state index is 11.3. The second-order valence-corrected chi connectivity index (χ2v) is 7.71. The Bertz CT molecular complexity index is 590. The lowest BCUT2D eigenvalue weighted by atomic mass is 10.0. The lowest BCUT2D eigenvalue weighted by Crippen LogP contribution is -2.44. The predicted molar refractivity (Wildman–Crippen MR) is 79.0 cm³/mol. The fraction of sp³-hybridized carbons (Fsp3) is 0.364. The number of aliphatic hydroxyl groups excluding tert-OH is 2. The SMILES string of the molecule is O=C(NC(CO)C(O)c1ccc(S(=O)(=O)Cl)cc1)C(Cl)Cl. The molecule has 1 rings (SSSR count). The van der Waals surface area contributed by atoms with Crippen molar-refractivity contribution in [2.45, 2.75) is 21.9 Å². The van der Waals surface area contributed by atoms with E-state index in [2.05, 4.69) is 5.32 Å². The molecule has 2 atom stereocenters. The third kappa shape index (κ3) is 5.28. The van der Waals surface area contributed by atoms with E-state index in [1.54, 1.807) is 0 Å². The van der Waals surface area contributed by atoms with Crippen molar-refractivity contribution in [3.8, 4) is 0 Å². The topological polar surface area (TPSA) is 104 Å². The molecule has 3 N–H and O–H groups in total. The molecule has 1 aromatic rings. The standard InChI is InChI=1S/C11H12Cl3NO5S/c12-10(13)11(18)15-8(5-16)9(17)6-1-3-7(4-2-6)21(14,19)20/h1-4,8-10,16-17H,5H2,(H,15,18). The second-order valence-electron chi connectivity index (χ2n) is 4.05. The smallest absolute Gasteiger partial charge is 0.261 e. The van der Waals surface area contributed by atoms with Crippen molar-refractivity contribution in [2.75, 3.05) is 6.61 Å². The number of rotatable bonds is 6. The van der Waals surface area contributed by atoms with Crippen LogP contribution in [0, 0.1) is 0 Å². The molecule has 0 heterocycles. The van der Waals surface area contributed by atoms with Crippen LogP contribution in [-0.2, 0) is 13.8 Å². The van der Waals surface area contributed by atoms with Gasteiger partial charge in [-0.15, -0.1) is 0 Å². The second kappa shape index (κ2) is 7.62. The number of benzene rings is 1. The summed E-state index contributed by atoms with van der Waals surface area (Å²) >= 11 is 10.7. The van der Waals surface area contributed by atoms with Gasteiger partial charge in [0.1, 0.15) is 6.10 Å². The molecule has 21 heavy (non-hydrogen) atoms. The molecular formula is C11H12Cl3NO5S. The summed E-state index contributed by atoms with van der Waals surface area (Å²) < 4.78 is 22.2. The number of alkyl halides is 2. The predicted octanol–water partition coefficient (Wildman–Crippen LogP) is 0.928. The van der Waals surface area contributed by atoms with Crippen molar-refractivity contribution in [2.24, 2.45) is 0 Å². The van der Waals surface area contributed by atoms with Gasteiger partial charge >= 0.3 is 0 Å². The largest absolute Gasteiger partial charge is 0.394 e. The molecule has 0 aliphatic heterocycles. The van der Waals surface area contributed by atoms with Gasteiger partial charge in [0.15, 0.2) is 4.84 Å². The summed E-state index contributed by atoms with van der Waals surface area (Å²) in [6.07, 6.45) is -1.28. The molecule has 0 radical (unpaired) electrons. The number of aliphatic hydroxyl groups is 2. The number of carbonyl (C=O) groups excluding carboxylic acids is 1. The summed E-state index contributed by atoms with van der Waals surface area (Å²) in [5, 5.41) is 21.5. The fourth-order valence-electron chi connectivity index (χ4n) is 1.53. The summed E-state index contributed by atoms with van der Waals surface area (Å²) in [4.78, 5) is 9.87. The summed E-state index contributed by atoms with van der Waals surface area (Å²) in [6, 6.07) is 3.98. The quantitative estimate of drug-likeness (QED) is 0.506. The third-order valence-electron chi connectivity index (χ3n) is 2.61. The van der Waals surface area contributed by atoms with Gasteiger partial charge in [-0.25, -0.2) is 8.42 Å². The average Bonchev–Trinajstić information content (AvgIpc) is 2.42. The number of hydrogen-bond donors (Lipinski definition) is 3. The monoisotopic (exact) mass is 375 g/mol. The van der Waals surface area contributed by atoms with E-state index in [1.807, 2.05) is 0 Å². The van der Waals surface area contributed by atoms with Crippen LogP contribution in [0.1, 0.15) is 11.7 Å². The van der Waals surface area contributed by atoms with Crippen molar-refractivity contribution in [1.82, 2.24) is 5.32 Å². The highest BCUT2D eigenvalue weighted by Crippen LogP contribution is 2.21. The molecule has 2 unspecified atom stereocenters. The van der Waals surface area contributed by atoms with E-state index >= 15 is 0 Å². The first kappa shape index (κ1) is 18.5. The highest BCUT2D eigenvalue weighted by Gasteiger charge is 2.24. The van der Waals surface area contributed by atoms with E-state index in [9.17, 15) is 23.4 Å². The summed E-state index contributed by atoms with van der Waals surface area (Å²) in [5.74, 6) is -0.767. The summed E-state index contributed by atoms with van der Waals surface area (Å²) in [7, 11) is 1.30. The van der Waals surface area contributed by atoms with Crippen LogP contribution in [0.3, 0.4) is 0 Å². The summed E-state index contributed by atoms with van der Waals surface area (Å²) in [5.41, 5.74) is 0.277. The van der Waals surface area contributed by atoms with Crippen LogP contribution in [0.2, 0.25) is 0 Å². The van der Waals surface area contributed by atoms with E-state index in [-0.39, 0.29) is 10.5 Å². The van der Waals surface area contributed by atoms with Crippen LogP contribution in [0.25, 0.3) is 0 Å². The lowest BCUT2D eigenvalue weighted by Gasteiger charge is -2.23. The van der Waals surface area contributed by atoms with Gasteiger partial charge < -0.3 is 15.5 Å². The van der Waals surface area contributed by atoms with Crippen molar-refractivity contribution in [3.63, 3.8) is 0 Å². The number of halogens is 3. The van der Waals surface area contributed by atoms with E-state index in [1.165, 1.54) is 24.3 Å². The number of nitrogens with one attached hydrogen (secondary N) is 1. The zero-order valence-corrected chi connectivity index (χ0v) is 13.5. The highest BCUT2D eigenvalue weighted by molar-refractivity contribution is 8.13. The first-order chi connectivity index (χ1) is 9.66. The van der Waals surface area contributed by atoms with E-state index in [0.717, 1.165) is 0 Å². The Morgan fingerprint density at radius 1 is 1.24 bits per heavy atom. The molecule has 0 aromatic heterocycles. The van der Waals surface area contributed by atoms with Crippen molar-refractivity contribution >= 4 is 48.8 Å². The minimum Gasteiger partial charge on any atom is -0.394 e. The number of carbonyl (C=O) groups is 1. The number of amides is 1. The molecule has 0 spiro atoms. The fourth-order valence-corrected chi connectivity index (χ4v) is 2.43. The Balaban J connectivity index is 2.90. The Hall–Kier alpha value is -0.570. The average molecular weight is 377 g/mol.